The van der Waals surface area contributed by atoms with Gasteiger partial charge in [0.05, 0.1) is 22.2 Å². The minimum Gasteiger partial charge on any atom is -0.497 e. The number of thiophene rings is 1. The average molecular weight is 619 g/mol. The van der Waals surface area contributed by atoms with Gasteiger partial charge in [-0.15, -0.1) is 22.7 Å². The lowest BCUT2D eigenvalue weighted by Gasteiger charge is -2.30. The first-order chi connectivity index (χ1) is 20.2. The number of aromatic nitrogens is 1. The molecule has 0 radical (unpaired) electrons. The highest BCUT2D eigenvalue weighted by atomic mass is 32.2. The molecule has 0 saturated heterocycles. The van der Waals surface area contributed by atoms with Gasteiger partial charge in [-0.25, -0.2) is 13.4 Å². The fraction of sp³-hybridized carbons (Fsp3) is 0.226. The Morgan fingerprint density at radius 3 is 2.55 bits per heavy atom. The van der Waals surface area contributed by atoms with Gasteiger partial charge in [-0.05, 0) is 80.4 Å². The Morgan fingerprint density at radius 2 is 1.81 bits per heavy atom. The van der Waals surface area contributed by atoms with Gasteiger partial charge in [-0.3, -0.25) is 14.4 Å². The Hall–Kier alpha value is -3.77. The second-order valence-corrected chi connectivity index (χ2v) is 14.1. The zero-order valence-corrected chi connectivity index (χ0v) is 25.8. The van der Waals surface area contributed by atoms with Crippen LogP contribution in [0.3, 0.4) is 0 Å². The maximum Gasteiger partial charge on any atom is 0.261 e. The van der Waals surface area contributed by atoms with Crippen LogP contribution in [-0.4, -0.2) is 43.9 Å². The van der Waals surface area contributed by atoms with E-state index >= 15 is 0 Å². The summed E-state index contributed by atoms with van der Waals surface area (Å²) in [7, 11) is -2.34. The van der Waals surface area contributed by atoms with Crippen molar-refractivity contribution in [2.45, 2.75) is 37.8 Å². The molecule has 0 spiro atoms. The highest BCUT2D eigenvalue weighted by molar-refractivity contribution is 7.92. The Balaban J connectivity index is 1.30. The van der Waals surface area contributed by atoms with Crippen molar-refractivity contribution in [3.8, 4) is 16.3 Å². The number of thiazole rings is 1. The van der Waals surface area contributed by atoms with Crippen molar-refractivity contribution >= 4 is 59.5 Å². The van der Waals surface area contributed by atoms with Crippen LogP contribution in [0.15, 0.2) is 77.7 Å². The van der Waals surface area contributed by atoms with Gasteiger partial charge in [-0.1, -0.05) is 18.2 Å². The molecule has 42 heavy (non-hydrogen) atoms. The van der Waals surface area contributed by atoms with Crippen LogP contribution in [0.4, 0.5) is 10.7 Å². The highest BCUT2D eigenvalue weighted by Crippen LogP contribution is 2.46. The molecule has 0 saturated carbocycles. The lowest BCUT2D eigenvalue weighted by atomic mass is 10.0. The molecule has 0 fully saturated rings. The Bertz CT molecular complexity index is 1840. The fourth-order valence-electron chi connectivity index (χ4n) is 5.03. The molecule has 2 N–H and O–H groups in total. The molecule has 8 nitrogen and oxygen atoms in total. The van der Waals surface area contributed by atoms with Crippen molar-refractivity contribution in [3.63, 3.8) is 0 Å². The summed E-state index contributed by atoms with van der Waals surface area (Å²) < 4.78 is 34.7. The number of methoxy groups -OCH3 is 1. The van der Waals surface area contributed by atoms with Crippen molar-refractivity contribution in [1.29, 1.82) is 0 Å². The zero-order chi connectivity index (χ0) is 29.4. The number of nitrogens with zero attached hydrogens (tertiary/aromatic N) is 2. The normalized spacial score (nSPS) is 13.7. The van der Waals surface area contributed by atoms with Crippen molar-refractivity contribution in [2.75, 3.05) is 23.7 Å². The van der Waals surface area contributed by atoms with E-state index in [0.29, 0.717) is 23.0 Å². The van der Waals surface area contributed by atoms with Crippen molar-refractivity contribution in [1.82, 2.24) is 9.88 Å². The van der Waals surface area contributed by atoms with Crippen molar-refractivity contribution in [3.05, 3.63) is 88.8 Å². The summed E-state index contributed by atoms with van der Waals surface area (Å²) in [5.41, 5.74) is 3.81. The molecule has 0 unspecified atom stereocenters. The van der Waals surface area contributed by atoms with Gasteiger partial charge in [0, 0.05) is 40.8 Å². The third-order valence-electron chi connectivity index (χ3n) is 7.30. The molecular formula is C31H30N4O4S3. The van der Waals surface area contributed by atoms with Crippen LogP contribution in [0, 0.1) is 0 Å². The Kier molecular flexibility index (Phi) is 7.75. The molecule has 0 aliphatic carbocycles. The maximum atomic E-state index is 13.6. The van der Waals surface area contributed by atoms with Crippen molar-refractivity contribution < 1.29 is 17.9 Å². The topological polar surface area (TPSA) is 101 Å². The first-order valence-corrected chi connectivity index (χ1v) is 16.7. The number of nitrogens with one attached hydrogen (secondary N) is 2. The van der Waals surface area contributed by atoms with Gasteiger partial charge in [0.2, 0.25) is 0 Å². The molecular weight excluding hydrogens is 589 g/mol. The van der Waals surface area contributed by atoms with Crippen LogP contribution < -0.4 is 14.8 Å². The average Bonchev–Trinajstić information content (AvgIpc) is 3.57. The van der Waals surface area contributed by atoms with E-state index in [2.05, 4.69) is 34.9 Å². The molecule has 0 atom stereocenters. The van der Waals surface area contributed by atoms with E-state index in [9.17, 15) is 13.2 Å². The number of fused-ring (bicyclic) bond motifs is 2. The monoisotopic (exact) mass is 618 g/mol. The number of anilines is 2. The smallest absolute Gasteiger partial charge is 0.261 e. The van der Waals surface area contributed by atoms with Crippen LogP contribution in [-0.2, 0) is 23.0 Å². The van der Waals surface area contributed by atoms with E-state index < -0.39 is 10.0 Å². The second kappa shape index (κ2) is 11.5. The summed E-state index contributed by atoms with van der Waals surface area (Å²) in [5.74, 6) is 0.243. The third-order valence-corrected chi connectivity index (χ3v) is 10.9. The van der Waals surface area contributed by atoms with Gasteiger partial charge in [0.1, 0.15) is 15.8 Å². The molecule has 6 rings (SSSR count). The molecule has 1 aliphatic rings. The minimum absolute atomic E-state index is 0.0956. The lowest BCUT2D eigenvalue weighted by molar-refractivity contribution is 0.102. The molecule has 5 aromatic rings. The summed E-state index contributed by atoms with van der Waals surface area (Å²) in [4.78, 5) is 22.3. The van der Waals surface area contributed by atoms with Crippen molar-refractivity contribution in [2.24, 2.45) is 0 Å². The van der Waals surface area contributed by atoms with Gasteiger partial charge in [-0.2, -0.15) is 0 Å². The van der Waals surface area contributed by atoms with Crippen LogP contribution in [0.5, 0.6) is 5.75 Å². The molecule has 216 valence electrons. The molecule has 1 aliphatic heterocycles. The zero-order valence-electron chi connectivity index (χ0n) is 23.4. The standard InChI is InChI=1S/C31H30N4O4S3/c1-19(2)35-16-15-24-27(18-35)41-31(28(24)30-32-25-9-4-5-10-26(25)40-30)33-29(36)20-7-6-8-21(17-20)34-42(37,38)23-13-11-22(39-3)12-14-23/h4-14,17,19,34H,15-16,18H2,1-3H3,(H,33,36). The molecule has 0 bridgehead atoms. The number of benzene rings is 3. The number of ether oxygens (including phenoxy) is 1. The van der Waals surface area contributed by atoms with Crippen LogP contribution in [0.2, 0.25) is 0 Å². The Morgan fingerprint density at radius 1 is 1.02 bits per heavy atom. The van der Waals surface area contributed by atoms with E-state index in [4.69, 9.17) is 9.72 Å². The number of hydrogen-bond acceptors (Lipinski definition) is 8. The lowest BCUT2D eigenvalue weighted by Crippen LogP contribution is -2.35. The first-order valence-electron chi connectivity index (χ1n) is 13.5. The summed E-state index contributed by atoms with van der Waals surface area (Å²) in [6.45, 7) is 6.17. The number of para-hydroxylation sites is 1. The number of amides is 1. The van der Waals surface area contributed by atoms with E-state index in [1.165, 1.54) is 29.7 Å². The SMILES string of the molecule is COc1ccc(S(=O)(=O)Nc2cccc(C(=O)Nc3sc4c(c3-c3nc5ccccc5s3)CCN(C(C)C)C4)c2)cc1. The maximum absolute atomic E-state index is 13.6. The minimum atomic E-state index is -3.86. The van der Waals surface area contributed by atoms with Gasteiger partial charge >= 0.3 is 0 Å². The van der Waals surface area contributed by atoms with Crippen LogP contribution in [0.1, 0.15) is 34.6 Å². The van der Waals surface area contributed by atoms with E-state index in [-0.39, 0.29) is 10.8 Å². The predicted octanol–water partition coefficient (Wildman–Crippen LogP) is 6.85. The molecule has 2 aromatic heterocycles. The predicted molar refractivity (Wildman–Crippen MR) is 170 cm³/mol. The molecule has 3 aromatic carbocycles. The molecule has 11 heteroatoms. The van der Waals surface area contributed by atoms with Gasteiger partial charge in [0.15, 0.2) is 0 Å². The van der Waals surface area contributed by atoms with E-state index in [0.717, 1.165) is 45.3 Å². The number of hydrogen-bond donors (Lipinski definition) is 2. The third kappa shape index (κ3) is 5.65. The fourth-order valence-corrected chi connectivity index (χ4v) is 8.45. The van der Waals surface area contributed by atoms with E-state index in [1.54, 1.807) is 59.1 Å². The second-order valence-electron chi connectivity index (χ2n) is 10.3. The van der Waals surface area contributed by atoms with Gasteiger partial charge in [0.25, 0.3) is 15.9 Å². The molecule has 3 heterocycles. The van der Waals surface area contributed by atoms with Gasteiger partial charge < -0.3 is 10.1 Å². The Labute approximate surface area is 253 Å². The first kappa shape index (κ1) is 28.4. The molecule has 1 amide bonds. The highest BCUT2D eigenvalue weighted by Gasteiger charge is 2.29. The van der Waals surface area contributed by atoms with Crippen LogP contribution in [0.25, 0.3) is 20.8 Å². The number of carbonyl (C=O) groups is 1. The summed E-state index contributed by atoms with van der Waals surface area (Å²) >= 11 is 3.22. The number of carbonyl (C=O) groups excluding carboxylic acids is 1. The number of rotatable bonds is 8. The summed E-state index contributed by atoms with van der Waals surface area (Å²) in [6.07, 6.45) is 0.883. The summed E-state index contributed by atoms with van der Waals surface area (Å²) in [6, 6.07) is 21.1. The summed E-state index contributed by atoms with van der Waals surface area (Å²) in [5, 5.41) is 4.80. The number of sulfonamides is 1. The quantitative estimate of drug-likeness (QED) is 0.197. The largest absolute Gasteiger partial charge is 0.497 e. The van der Waals surface area contributed by atoms with Crippen LogP contribution >= 0.6 is 22.7 Å². The van der Waals surface area contributed by atoms with E-state index in [1.807, 2.05) is 18.2 Å².